The molecule has 0 fully saturated rings. The molecule has 3 heteroatoms. The minimum Gasteiger partial charge on any atom is -0.491 e. The van der Waals surface area contributed by atoms with Gasteiger partial charge in [0, 0.05) is 30.2 Å². The number of rotatable bonds is 4. The van der Waals surface area contributed by atoms with Crippen molar-refractivity contribution in [2.24, 2.45) is 12.8 Å². The minimum atomic E-state index is 0.244. The maximum atomic E-state index is 5.87. The zero-order valence-corrected chi connectivity index (χ0v) is 11.7. The predicted octanol–water partition coefficient (Wildman–Crippen LogP) is 3.12. The number of ether oxygens (including phenoxy) is 1. The van der Waals surface area contributed by atoms with E-state index in [4.69, 9.17) is 10.5 Å². The summed E-state index contributed by atoms with van der Waals surface area (Å²) in [5.74, 6) is 0.928. The van der Waals surface area contributed by atoms with E-state index in [2.05, 4.69) is 44.5 Å². The second-order valence-corrected chi connectivity index (χ2v) is 4.84. The third-order valence-corrected chi connectivity index (χ3v) is 3.71. The molecule has 98 valence electrons. The number of hydrogen-bond donors (Lipinski definition) is 1. The van der Waals surface area contributed by atoms with Crippen molar-refractivity contribution in [2.45, 2.75) is 39.8 Å². The molecule has 2 rings (SSSR count). The first kappa shape index (κ1) is 13.0. The van der Waals surface area contributed by atoms with Gasteiger partial charge in [-0.25, -0.2) is 0 Å². The number of benzene rings is 1. The number of fused-ring (bicyclic) bond motifs is 1. The van der Waals surface area contributed by atoms with Crippen LogP contribution in [0.1, 0.15) is 31.5 Å². The summed E-state index contributed by atoms with van der Waals surface area (Å²) in [4.78, 5) is 0. The van der Waals surface area contributed by atoms with E-state index < -0.39 is 0 Å². The van der Waals surface area contributed by atoms with Gasteiger partial charge >= 0.3 is 0 Å². The number of nitrogens with zero attached hydrogens (tertiary/aromatic N) is 1. The molecule has 0 unspecified atom stereocenters. The van der Waals surface area contributed by atoms with Gasteiger partial charge in [-0.2, -0.15) is 0 Å². The number of nitrogens with two attached hydrogens (primary N) is 1. The van der Waals surface area contributed by atoms with Crippen LogP contribution in [-0.2, 0) is 13.6 Å². The third kappa shape index (κ3) is 2.10. The molecule has 2 N–H and O–H groups in total. The molecule has 0 bridgehead atoms. The molecular formula is C15H22N2O. The molecule has 1 heterocycles. The molecular weight excluding hydrogens is 224 g/mol. The molecule has 0 amide bonds. The van der Waals surface area contributed by atoms with Gasteiger partial charge in [-0.15, -0.1) is 0 Å². The fourth-order valence-electron chi connectivity index (χ4n) is 2.27. The van der Waals surface area contributed by atoms with Gasteiger partial charge in [0.1, 0.15) is 5.75 Å². The molecule has 2 aromatic rings. The van der Waals surface area contributed by atoms with Gasteiger partial charge in [0.15, 0.2) is 0 Å². The van der Waals surface area contributed by atoms with Gasteiger partial charge in [0.25, 0.3) is 0 Å². The standard InChI is InChI=1S/C15H22N2O/c1-5-10(2)18-12-6-7-15-13(8-12)14(9-16)11(3)17(15)4/h6-8,10H,5,9,16H2,1-4H3/t10-/m1/s1. The monoisotopic (exact) mass is 246 g/mol. The first-order chi connectivity index (χ1) is 8.58. The summed E-state index contributed by atoms with van der Waals surface area (Å²) in [5, 5.41) is 1.21. The fourth-order valence-corrected chi connectivity index (χ4v) is 2.27. The molecule has 0 saturated heterocycles. The molecule has 1 aromatic carbocycles. The van der Waals surface area contributed by atoms with Crippen molar-refractivity contribution in [1.29, 1.82) is 0 Å². The topological polar surface area (TPSA) is 40.2 Å². The second kappa shape index (κ2) is 5.02. The first-order valence-corrected chi connectivity index (χ1v) is 6.53. The van der Waals surface area contributed by atoms with Crippen molar-refractivity contribution in [1.82, 2.24) is 4.57 Å². The van der Waals surface area contributed by atoms with Crippen molar-refractivity contribution in [3.63, 3.8) is 0 Å². The van der Waals surface area contributed by atoms with Crippen LogP contribution < -0.4 is 10.5 Å². The van der Waals surface area contributed by atoms with Crippen LogP contribution in [0.2, 0.25) is 0 Å². The smallest absolute Gasteiger partial charge is 0.120 e. The van der Waals surface area contributed by atoms with Crippen LogP contribution in [0.15, 0.2) is 18.2 Å². The normalized spacial score (nSPS) is 12.9. The summed E-state index contributed by atoms with van der Waals surface area (Å²) in [6.45, 7) is 6.89. The van der Waals surface area contributed by atoms with Crippen molar-refractivity contribution >= 4 is 10.9 Å². The second-order valence-electron chi connectivity index (χ2n) is 4.84. The zero-order valence-electron chi connectivity index (χ0n) is 11.7. The Hall–Kier alpha value is -1.48. The van der Waals surface area contributed by atoms with Crippen LogP contribution in [0.25, 0.3) is 10.9 Å². The molecule has 0 aliphatic carbocycles. The summed E-state index contributed by atoms with van der Waals surface area (Å²) < 4.78 is 8.06. The number of hydrogen-bond acceptors (Lipinski definition) is 2. The fraction of sp³-hybridized carbons (Fsp3) is 0.467. The molecule has 1 atom stereocenters. The van der Waals surface area contributed by atoms with Gasteiger partial charge in [0.2, 0.25) is 0 Å². The average Bonchev–Trinajstić information content (AvgIpc) is 2.61. The van der Waals surface area contributed by atoms with E-state index in [0.29, 0.717) is 6.54 Å². The minimum absolute atomic E-state index is 0.244. The summed E-state index contributed by atoms with van der Waals surface area (Å²) in [5.41, 5.74) is 9.51. The van der Waals surface area contributed by atoms with E-state index in [1.165, 1.54) is 22.2 Å². The molecule has 0 aliphatic rings. The predicted molar refractivity (Wildman–Crippen MR) is 75.9 cm³/mol. The van der Waals surface area contributed by atoms with Crippen molar-refractivity contribution < 1.29 is 4.74 Å². The van der Waals surface area contributed by atoms with Gasteiger partial charge in [0.05, 0.1) is 6.10 Å². The SMILES string of the molecule is CC[C@@H](C)Oc1ccc2c(c1)c(CN)c(C)n2C. The van der Waals surface area contributed by atoms with Crippen LogP contribution in [-0.4, -0.2) is 10.7 Å². The lowest BCUT2D eigenvalue weighted by molar-refractivity contribution is 0.217. The molecule has 0 saturated carbocycles. The molecule has 0 spiro atoms. The van der Waals surface area contributed by atoms with E-state index in [9.17, 15) is 0 Å². The quantitative estimate of drug-likeness (QED) is 0.900. The third-order valence-electron chi connectivity index (χ3n) is 3.71. The van der Waals surface area contributed by atoms with Gasteiger partial charge < -0.3 is 15.0 Å². The van der Waals surface area contributed by atoms with Gasteiger partial charge in [-0.1, -0.05) is 6.92 Å². The van der Waals surface area contributed by atoms with E-state index in [-0.39, 0.29) is 6.10 Å². The molecule has 18 heavy (non-hydrogen) atoms. The Morgan fingerprint density at radius 1 is 1.39 bits per heavy atom. The Bertz CT molecular complexity index is 557. The lowest BCUT2D eigenvalue weighted by Gasteiger charge is -2.12. The van der Waals surface area contributed by atoms with E-state index >= 15 is 0 Å². The average molecular weight is 246 g/mol. The number of aromatic nitrogens is 1. The van der Waals surface area contributed by atoms with Crippen LogP contribution >= 0.6 is 0 Å². The highest BCUT2D eigenvalue weighted by Crippen LogP contribution is 2.28. The van der Waals surface area contributed by atoms with E-state index in [0.717, 1.165) is 12.2 Å². The Morgan fingerprint density at radius 3 is 2.72 bits per heavy atom. The number of aryl methyl sites for hydroxylation is 1. The zero-order chi connectivity index (χ0) is 13.3. The van der Waals surface area contributed by atoms with Crippen molar-refractivity contribution in [3.8, 4) is 5.75 Å². The van der Waals surface area contributed by atoms with Crippen LogP contribution in [0.5, 0.6) is 5.75 Å². The first-order valence-electron chi connectivity index (χ1n) is 6.53. The Kier molecular flexibility index (Phi) is 3.62. The van der Waals surface area contributed by atoms with Gasteiger partial charge in [-0.05, 0) is 44.0 Å². The van der Waals surface area contributed by atoms with Crippen LogP contribution in [0.4, 0.5) is 0 Å². The summed E-state index contributed by atoms with van der Waals surface area (Å²) >= 11 is 0. The Morgan fingerprint density at radius 2 is 2.11 bits per heavy atom. The van der Waals surface area contributed by atoms with Crippen LogP contribution in [0, 0.1) is 6.92 Å². The summed E-state index contributed by atoms with van der Waals surface area (Å²) in [7, 11) is 2.08. The molecule has 0 radical (unpaired) electrons. The summed E-state index contributed by atoms with van der Waals surface area (Å²) in [6, 6.07) is 6.25. The lowest BCUT2D eigenvalue weighted by atomic mass is 10.1. The van der Waals surface area contributed by atoms with Gasteiger partial charge in [-0.3, -0.25) is 0 Å². The van der Waals surface area contributed by atoms with Crippen molar-refractivity contribution in [3.05, 3.63) is 29.5 Å². The molecule has 3 nitrogen and oxygen atoms in total. The highest BCUT2D eigenvalue weighted by atomic mass is 16.5. The Balaban J connectivity index is 2.50. The lowest BCUT2D eigenvalue weighted by Crippen LogP contribution is -2.09. The summed E-state index contributed by atoms with van der Waals surface area (Å²) in [6.07, 6.45) is 1.25. The maximum Gasteiger partial charge on any atom is 0.120 e. The highest BCUT2D eigenvalue weighted by molar-refractivity contribution is 5.86. The van der Waals surface area contributed by atoms with Crippen molar-refractivity contribution in [2.75, 3.05) is 0 Å². The molecule has 0 aliphatic heterocycles. The highest BCUT2D eigenvalue weighted by Gasteiger charge is 2.12. The van der Waals surface area contributed by atoms with E-state index in [1.807, 2.05) is 6.07 Å². The largest absolute Gasteiger partial charge is 0.491 e. The molecule has 1 aromatic heterocycles. The van der Waals surface area contributed by atoms with E-state index in [1.54, 1.807) is 0 Å². The van der Waals surface area contributed by atoms with Crippen LogP contribution in [0.3, 0.4) is 0 Å². The maximum absolute atomic E-state index is 5.87. The Labute approximate surface area is 109 Å².